The molecule has 0 saturated carbocycles. The second kappa shape index (κ2) is 5.28. The molecule has 0 unspecified atom stereocenters. The summed E-state index contributed by atoms with van der Waals surface area (Å²) in [6.45, 7) is 0.462. The largest absolute Gasteiger partial charge is 0.326 e. The predicted molar refractivity (Wildman–Crippen MR) is 74.8 cm³/mol. The SMILES string of the molecule is NCc1ccc(-c2cc(Cl)ccc2Cl)c(Cl)c1. The van der Waals surface area contributed by atoms with Gasteiger partial charge in [-0.15, -0.1) is 0 Å². The maximum Gasteiger partial charge on any atom is 0.0488 e. The van der Waals surface area contributed by atoms with Gasteiger partial charge in [-0.25, -0.2) is 0 Å². The maximum atomic E-state index is 6.21. The van der Waals surface area contributed by atoms with E-state index < -0.39 is 0 Å². The average Bonchev–Trinajstić information content (AvgIpc) is 2.32. The highest BCUT2D eigenvalue weighted by Crippen LogP contribution is 2.35. The summed E-state index contributed by atoms with van der Waals surface area (Å²) < 4.78 is 0. The lowest BCUT2D eigenvalue weighted by Gasteiger charge is -2.08. The van der Waals surface area contributed by atoms with E-state index in [2.05, 4.69) is 0 Å². The Bertz CT molecular complexity index is 552. The molecule has 2 N–H and O–H groups in total. The van der Waals surface area contributed by atoms with Gasteiger partial charge in [0, 0.05) is 32.7 Å². The molecule has 1 nitrogen and oxygen atoms in total. The fourth-order valence-corrected chi connectivity index (χ4v) is 2.30. The van der Waals surface area contributed by atoms with E-state index in [0.717, 1.165) is 16.7 Å². The second-order valence-electron chi connectivity index (χ2n) is 3.64. The van der Waals surface area contributed by atoms with Gasteiger partial charge in [-0.05, 0) is 29.8 Å². The number of nitrogens with two attached hydrogens (primary N) is 1. The highest BCUT2D eigenvalue weighted by Gasteiger charge is 2.08. The number of rotatable bonds is 2. The second-order valence-corrected chi connectivity index (χ2v) is 4.89. The van der Waals surface area contributed by atoms with E-state index in [1.807, 2.05) is 18.2 Å². The van der Waals surface area contributed by atoms with Crippen LogP contribution in [0.3, 0.4) is 0 Å². The zero-order valence-electron chi connectivity index (χ0n) is 8.88. The third kappa shape index (κ3) is 2.75. The van der Waals surface area contributed by atoms with Crippen molar-refractivity contribution in [3.63, 3.8) is 0 Å². The van der Waals surface area contributed by atoms with Crippen molar-refractivity contribution in [2.75, 3.05) is 0 Å². The van der Waals surface area contributed by atoms with Gasteiger partial charge in [0.1, 0.15) is 0 Å². The van der Waals surface area contributed by atoms with Gasteiger partial charge in [0.05, 0.1) is 0 Å². The molecule has 0 heterocycles. The van der Waals surface area contributed by atoms with Crippen molar-refractivity contribution in [3.8, 4) is 11.1 Å². The van der Waals surface area contributed by atoms with Gasteiger partial charge in [-0.3, -0.25) is 0 Å². The summed E-state index contributed by atoms with van der Waals surface area (Å²) in [6.07, 6.45) is 0. The van der Waals surface area contributed by atoms with Crippen molar-refractivity contribution >= 4 is 34.8 Å². The molecule has 2 aromatic carbocycles. The van der Waals surface area contributed by atoms with Crippen LogP contribution in [0, 0.1) is 0 Å². The minimum Gasteiger partial charge on any atom is -0.326 e. The molecule has 88 valence electrons. The lowest BCUT2D eigenvalue weighted by Crippen LogP contribution is -1.96. The van der Waals surface area contributed by atoms with Crippen LogP contribution in [0.1, 0.15) is 5.56 Å². The minimum absolute atomic E-state index is 0.462. The highest BCUT2D eigenvalue weighted by atomic mass is 35.5. The Labute approximate surface area is 115 Å². The molecule has 0 aliphatic rings. The van der Waals surface area contributed by atoms with Crippen LogP contribution >= 0.6 is 34.8 Å². The first kappa shape index (κ1) is 12.7. The van der Waals surface area contributed by atoms with E-state index in [-0.39, 0.29) is 0 Å². The van der Waals surface area contributed by atoms with E-state index in [4.69, 9.17) is 40.5 Å². The minimum atomic E-state index is 0.462. The lowest BCUT2D eigenvalue weighted by molar-refractivity contribution is 1.07. The van der Waals surface area contributed by atoms with Crippen molar-refractivity contribution in [1.29, 1.82) is 0 Å². The Morgan fingerprint density at radius 1 is 0.824 bits per heavy atom. The van der Waals surface area contributed by atoms with Gasteiger partial charge in [0.2, 0.25) is 0 Å². The normalized spacial score (nSPS) is 10.6. The molecule has 2 rings (SSSR count). The summed E-state index contributed by atoms with van der Waals surface area (Å²) in [6, 6.07) is 11.0. The zero-order chi connectivity index (χ0) is 12.4. The Morgan fingerprint density at radius 2 is 1.59 bits per heavy atom. The molecular weight excluding hydrogens is 277 g/mol. The van der Waals surface area contributed by atoms with Gasteiger partial charge in [-0.1, -0.05) is 46.9 Å². The van der Waals surface area contributed by atoms with Gasteiger partial charge < -0.3 is 5.73 Å². The Balaban J connectivity index is 2.56. The molecular formula is C13H10Cl3N. The summed E-state index contributed by atoms with van der Waals surface area (Å²) in [4.78, 5) is 0. The Hall–Kier alpha value is -0.730. The van der Waals surface area contributed by atoms with Crippen molar-refractivity contribution in [1.82, 2.24) is 0 Å². The van der Waals surface area contributed by atoms with E-state index in [9.17, 15) is 0 Å². The quantitative estimate of drug-likeness (QED) is 0.845. The number of halogens is 3. The van der Waals surface area contributed by atoms with E-state index >= 15 is 0 Å². The summed E-state index contributed by atoms with van der Waals surface area (Å²) >= 11 is 18.3. The van der Waals surface area contributed by atoms with Crippen LogP contribution in [0.25, 0.3) is 11.1 Å². The lowest BCUT2D eigenvalue weighted by atomic mass is 10.0. The van der Waals surface area contributed by atoms with E-state index in [1.165, 1.54) is 0 Å². The first-order valence-corrected chi connectivity index (χ1v) is 6.19. The number of hydrogen-bond acceptors (Lipinski definition) is 1. The molecule has 0 aliphatic heterocycles. The highest BCUT2D eigenvalue weighted by molar-refractivity contribution is 6.37. The first-order chi connectivity index (χ1) is 8.11. The van der Waals surface area contributed by atoms with Crippen LogP contribution in [0.5, 0.6) is 0 Å². The predicted octanol–water partition coefficient (Wildman–Crippen LogP) is 4.77. The Kier molecular flexibility index (Phi) is 3.95. The van der Waals surface area contributed by atoms with E-state index in [0.29, 0.717) is 21.6 Å². The van der Waals surface area contributed by atoms with Crippen LogP contribution in [-0.2, 0) is 6.54 Å². The fourth-order valence-electron chi connectivity index (χ4n) is 1.61. The van der Waals surface area contributed by atoms with Crippen molar-refractivity contribution < 1.29 is 0 Å². The molecule has 2 aromatic rings. The van der Waals surface area contributed by atoms with Gasteiger partial charge >= 0.3 is 0 Å². The third-order valence-electron chi connectivity index (χ3n) is 2.49. The molecule has 4 heteroatoms. The molecule has 0 radical (unpaired) electrons. The van der Waals surface area contributed by atoms with E-state index in [1.54, 1.807) is 18.2 Å². The molecule has 0 aromatic heterocycles. The van der Waals surface area contributed by atoms with Crippen LogP contribution in [-0.4, -0.2) is 0 Å². The molecule has 17 heavy (non-hydrogen) atoms. The molecule has 0 amide bonds. The third-order valence-corrected chi connectivity index (χ3v) is 3.37. The smallest absolute Gasteiger partial charge is 0.0488 e. The summed E-state index contributed by atoms with van der Waals surface area (Å²) in [5, 5.41) is 1.87. The number of benzene rings is 2. The molecule has 0 fully saturated rings. The van der Waals surface area contributed by atoms with Crippen LogP contribution in [0.15, 0.2) is 36.4 Å². The summed E-state index contributed by atoms with van der Waals surface area (Å²) in [5.74, 6) is 0. The summed E-state index contributed by atoms with van der Waals surface area (Å²) in [5.41, 5.74) is 8.22. The molecule has 0 spiro atoms. The van der Waals surface area contributed by atoms with Gasteiger partial charge in [0.15, 0.2) is 0 Å². The maximum absolute atomic E-state index is 6.21. The standard InChI is InChI=1S/C13H10Cl3N/c14-9-2-4-12(15)11(6-9)10-3-1-8(7-17)5-13(10)16/h1-6H,7,17H2. The Morgan fingerprint density at radius 3 is 2.24 bits per heavy atom. The molecule has 0 aliphatic carbocycles. The van der Waals surface area contributed by atoms with Gasteiger partial charge in [-0.2, -0.15) is 0 Å². The fraction of sp³-hybridized carbons (Fsp3) is 0.0769. The van der Waals surface area contributed by atoms with Crippen molar-refractivity contribution in [2.24, 2.45) is 5.73 Å². The summed E-state index contributed by atoms with van der Waals surface area (Å²) in [7, 11) is 0. The number of hydrogen-bond donors (Lipinski definition) is 1. The van der Waals surface area contributed by atoms with Gasteiger partial charge in [0.25, 0.3) is 0 Å². The topological polar surface area (TPSA) is 26.0 Å². The van der Waals surface area contributed by atoms with Crippen molar-refractivity contribution in [2.45, 2.75) is 6.54 Å². The monoisotopic (exact) mass is 285 g/mol. The van der Waals surface area contributed by atoms with Crippen LogP contribution < -0.4 is 5.73 Å². The molecule has 0 saturated heterocycles. The first-order valence-electron chi connectivity index (χ1n) is 5.05. The molecule has 0 bridgehead atoms. The van der Waals surface area contributed by atoms with Crippen LogP contribution in [0.2, 0.25) is 15.1 Å². The zero-order valence-corrected chi connectivity index (χ0v) is 11.2. The van der Waals surface area contributed by atoms with Crippen LogP contribution in [0.4, 0.5) is 0 Å². The van der Waals surface area contributed by atoms with Crippen molar-refractivity contribution in [3.05, 3.63) is 57.0 Å². The molecule has 0 atom stereocenters. The average molecular weight is 287 g/mol.